The fourth-order valence-electron chi connectivity index (χ4n) is 1.19. The van der Waals surface area contributed by atoms with Gasteiger partial charge in [0.1, 0.15) is 17.6 Å². The Hall–Kier alpha value is -2.49. The third-order valence-corrected chi connectivity index (χ3v) is 2.99. The average molecular weight is 268 g/mol. The number of carbonyl (C=O) groups is 1. The highest BCUT2D eigenvalue weighted by Gasteiger charge is 2.17. The van der Waals surface area contributed by atoms with Crippen LogP contribution in [-0.4, -0.2) is 25.6 Å². The molecule has 0 atom stereocenters. The Morgan fingerprint density at radius 3 is 2.83 bits per heavy atom. The Balaban J connectivity index is 2.16. The molecule has 18 heavy (non-hydrogen) atoms. The van der Waals surface area contributed by atoms with Gasteiger partial charge in [-0.05, 0) is 11.3 Å². The highest BCUT2D eigenvalue weighted by Crippen LogP contribution is 2.25. The number of nitrogens with zero attached hydrogens (tertiary/aromatic N) is 4. The third-order valence-electron chi connectivity index (χ3n) is 2.12. The van der Waals surface area contributed by atoms with Gasteiger partial charge >= 0.3 is 5.00 Å². The predicted octanol–water partition coefficient (Wildman–Crippen LogP) is 0.619. The normalized spacial score (nSPS) is 10.3. The van der Waals surface area contributed by atoms with Crippen LogP contribution in [0.2, 0.25) is 0 Å². The molecule has 3 N–H and O–H groups in total. The molecule has 2 heterocycles. The topological polar surface area (TPSA) is 129 Å². The first-order chi connectivity index (χ1) is 8.49. The lowest BCUT2D eigenvalue weighted by Gasteiger charge is -2.00. The molecule has 94 valence electrons. The zero-order valence-electron chi connectivity index (χ0n) is 9.15. The van der Waals surface area contributed by atoms with E-state index in [2.05, 4.69) is 15.4 Å². The minimum atomic E-state index is -0.578. The first-order valence-electron chi connectivity index (χ1n) is 4.68. The highest BCUT2D eigenvalue weighted by atomic mass is 32.1. The molecule has 0 aromatic carbocycles. The summed E-state index contributed by atoms with van der Waals surface area (Å²) in [5.74, 6) is -0.302. The number of aryl methyl sites for hydroxylation is 1. The number of nitrogens with two attached hydrogens (primary N) is 1. The van der Waals surface area contributed by atoms with Crippen molar-refractivity contribution in [3.8, 4) is 0 Å². The van der Waals surface area contributed by atoms with Crippen LogP contribution in [0, 0.1) is 10.1 Å². The Labute approximate surface area is 104 Å². The van der Waals surface area contributed by atoms with E-state index in [4.69, 9.17) is 5.73 Å². The van der Waals surface area contributed by atoms with Gasteiger partial charge in [0.25, 0.3) is 5.91 Å². The van der Waals surface area contributed by atoms with Crippen LogP contribution in [0.5, 0.6) is 0 Å². The maximum Gasteiger partial charge on any atom is 0.345 e. The van der Waals surface area contributed by atoms with Crippen LogP contribution in [-0.2, 0) is 7.05 Å². The summed E-state index contributed by atoms with van der Waals surface area (Å²) in [4.78, 5) is 25.4. The number of thiazole rings is 1. The lowest BCUT2D eigenvalue weighted by atomic mass is 10.3. The third kappa shape index (κ3) is 2.13. The van der Waals surface area contributed by atoms with Gasteiger partial charge < -0.3 is 5.73 Å². The molecule has 2 rings (SSSR count). The first-order valence-corrected chi connectivity index (χ1v) is 5.49. The maximum atomic E-state index is 11.8. The van der Waals surface area contributed by atoms with Gasteiger partial charge in [-0.25, -0.2) is 4.98 Å². The Kier molecular flexibility index (Phi) is 2.93. The first kappa shape index (κ1) is 12.0. The second-order valence-electron chi connectivity index (χ2n) is 3.28. The number of carbonyl (C=O) groups excluding carboxylic acids is 1. The van der Waals surface area contributed by atoms with Crippen molar-refractivity contribution in [3.05, 3.63) is 28.1 Å². The van der Waals surface area contributed by atoms with Crippen LogP contribution < -0.4 is 11.1 Å². The summed E-state index contributed by atoms with van der Waals surface area (Å²) in [5.41, 5.74) is 5.82. The minimum absolute atomic E-state index is 0.134. The quantitative estimate of drug-likeness (QED) is 0.620. The summed E-state index contributed by atoms with van der Waals surface area (Å²) in [6.07, 6.45) is 2.39. The van der Waals surface area contributed by atoms with Gasteiger partial charge in [0.05, 0.1) is 11.1 Å². The van der Waals surface area contributed by atoms with E-state index in [0.29, 0.717) is 0 Å². The maximum absolute atomic E-state index is 11.8. The fourth-order valence-corrected chi connectivity index (χ4v) is 1.82. The van der Waals surface area contributed by atoms with Crippen molar-refractivity contribution in [1.82, 2.24) is 14.8 Å². The van der Waals surface area contributed by atoms with Crippen molar-refractivity contribution in [3.63, 3.8) is 0 Å². The van der Waals surface area contributed by atoms with Gasteiger partial charge in [0.15, 0.2) is 5.13 Å². The smallest absolute Gasteiger partial charge is 0.345 e. The van der Waals surface area contributed by atoms with E-state index in [1.54, 1.807) is 7.05 Å². The van der Waals surface area contributed by atoms with E-state index < -0.39 is 10.8 Å². The molecule has 9 nitrogen and oxygen atoms in total. The van der Waals surface area contributed by atoms with E-state index in [1.807, 2.05) is 0 Å². The molecule has 0 saturated carbocycles. The molecular weight excluding hydrogens is 260 g/mol. The summed E-state index contributed by atoms with van der Waals surface area (Å²) in [5, 5.41) is 16.7. The van der Waals surface area contributed by atoms with Crippen molar-refractivity contribution >= 4 is 33.2 Å². The van der Waals surface area contributed by atoms with Crippen LogP contribution in [0.3, 0.4) is 0 Å². The van der Waals surface area contributed by atoms with Gasteiger partial charge in [-0.15, -0.1) is 0 Å². The number of aromatic nitrogens is 3. The largest absolute Gasteiger partial charge is 0.383 e. The summed E-state index contributed by atoms with van der Waals surface area (Å²) < 4.78 is 1.35. The highest BCUT2D eigenvalue weighted by molar-refractivity contribution is 7.18. The molecule has 0 fully saturated rings. The van der Waals surface area contributed by atoms with E-state index in [9.17, 15) is 14.9 Å². The average Bonchev–Trinajstić information content (AvgIpc) is 2.88. The number of hydrogen-bond donors (Lipinski definition) is 2. The number of rotatable bonds is 3. The second kappa shape index (κ2) is 4.41. The number of nitrogens with one attached hydrogen (secondary N) is 1. The standard InChI is InChI=1S/C8H8N6O3S/c1-13-6(9)4(2-11-13)7(15)12-8-10-3-5(18-8)14(16)17/h2-3H,9H2,1H3,(H,10,12,15). The van der Waals surface area contributed by atoms with Crippen molar-refractivity contribution in [2.75, 3.05) is 11.1 Å². The van der Waals surface area contributed by atoms with E-state index in [-0.39, 0.29) is 21.5 Å². The molecule has 0 aliphatic carbocycles. The van der Waals surface area contributed by atoms with Crippen LogP contribution in [0.25, 0.3) is 0 Å². The van der Waals surface area contributed by atoms with E-state index >= 15 is 0 Å². The van der Waals surface area contributed by atoms with Crippen LogP contribution in [0.15, 0.2) is 12.4 Å². The molecule has 0 aliphatic rings. The van der Waals surface area contributed by atoms with Gasteiger partial charge in [-0.1, -0.05) is 0 Å². The second-order valence-corrected chi connectivity index (χ2v) is 4.29. The number of nitrogen functional groups attached to an aromatic ring is 1. The predicted molar refractivity (Wildman–Crippen MR) is 64.3 cm³/mol. The van der Waals surface area contributed by atoms with Crippen LogP contribution in [0.4, 0.5) is 16.0 Å². The lowest BCUT2D eigenvalue weighted by Crippen LogP contribution is -2.13. The molecule has 0 unspecified atom stereocenters. The zero-order valence-corrected chi connectivity index (χ0v) is 9.97. The van der Waals surface area contributed by atoms with E-state index in [0.717, 1.165) is 17.5 Å². The van der Waals surface area contributed by atoms with E-state index in [1.165, 1.54) is 10.9 Å². The van der Waals surface area contributed by atoms with Gasteiger partial charge in [0, 0.05) is 7.05 Å². The molecule has 2 aromatic heterocycles. The van der Waals surface area contributed by atoms with Crippen LogP contribution >= 0.6 is 11.3 Å². The summed E-state index contributed by atoms with van der Waals surface area (Å²) in [6.45, 7) is 0. The lowest BCUT2D eigenvalue weighted by molar-refractivity contribution is -0.380. The summed E-state index contributed by atoms with van der Waals surface area (Å²) in [7, 11) is 1.60. The molecule has 2 aromatic rings. The van der Waals surface area contributed by atoms with Crippen molar-refractivity contribution in [2.24, 2.45) is 7.05 Å². The molecule has 0 bridgehead atoms. The number of anilines is 2. The van der Waals surface area contributed by atoms with Crippen LogP contribution in [0.1, 0.15) is 10.4 Å². The number of amides is 1. The minimum Gasteiger partial charge on any atom is -0.383 e. The Morgan fingerprint density at radius 2 is 2.33 bits per heavy atom. The monoisotopic (exact) mass is 268 g/mol. The number of hydrogen-bond acceptors (Lipinski definition) is 7. The molecule has 0 radical (unpaired) electrons. The molecule has 10 heteroatoms. The van der Waals surface area contributed by atoms with Crippen molar-refractivity contribution < 1.29 is 9.72 Å². The van der Waals surface area contributed by atoms with Crippen molar-refractivity contribution in [1.29, 1.82) is 0 Å². The van der Waals surface area contributed by atoms with Gasteiger partial charge in [-0.3, -0.25) is 24.9 Å². The van der Waals surface area contributed by atoms with Crippen molar-refractivity contribution in [2.45, 2.75) is 0 Å². The summed E-state index contributed by atoms with van der Waals surface area (Å²) >= 11 is 0.766. The molecule has 1 amide bonds. The molecule has 0 saturated heterocycles. The molecule has 0 aliphatic heterocycles. The molecule has 0 spiro atoms. The fraction of sp³-hybridized carbons (Fsp3) is 0.125. The van der Waals surface area contributed by atoms with Gasteiger partial charge in [-0.2, -0.15) is 5.10 Å². The Morgan fingerprint density at radius 1 is 1.61 bits per heavy atom. The SMILES string of the molecule is Cn1ncc(C(=O)Nc2ncc([N+](=O)[O-])s2)c1N. The summed E-state index contributed by atoms with van der Waals surface area (Å²) in [6, 6.07) is 0. The molecular formula is C8H8N6O3S. The zero-order chi connectivity index (χ0) is 13.3. The Bertz CT molecular complexity index is 618. The van der Waals surface area contributed by atoms with Gasteiger partial charge in [0.2, 0.25) is 0 Å². The number of nitro groups is 1.